The number of aliphatic hydroxyl groups is 1. The van der Waals surface area contributed by atoms with Gasteiger partial charge in [0.05, 0.1) is 10.7 Å². The Balaban J connectivity index is 2.75. The van der Waals surface area contributed by atoms with Gasteiger partial charge in [0.1, 0.15) is 6.10 Å². The summed E-state index contributed by atoms with van der Waals surface area (Å²) < 4.78 is 0. The summed E-state index contributed by atoms with van der Waals surface area (Å²) in [5.74, 6) is -0.712. The largest absolute Gasteiger partial charge is 0.382 e. The average molecular weight is 285 g/mol. The monoisotopic (exact) mass is 285 g/mol. The number of carbonyl (C=O) groups excluding carboxylic acids is 1. The number of carbonyl (C=O) groups is 1. The molecule has 1 amide bonds. The van der Waals surface area contributed by atoms with Crippen LogP contribution < -0.4 is 11.1 Å². The number of hydrogen-bond acceptors (Lipinski definition) is 5. The summed E-state index contributed by atoms with van der Waals surface area (Å²) in [7, 11) is 0. The molecule has 4 N–H and O–H groups in total. The van der Waals surface area contributed by atoms with Crippen molar-refractivity contribution >= 4 is 17.2 Å². The van der Waals surface area contributed by atoms with E-state index in [0.29, 0.717) is 0 Å². The van der Waals surface area contributed by atoms with Crippen molar-refractivity contribution in [2.75, 3.05) is 6.54 Å². The van der Waals surface area contributed by atoms with Gasteiger partial charge in [-0.05, 0) is 13.8 Å². The fraction of sp³-hybridized carbons (Fsp3) is 0.692. The van der Waals surface area contributed by atoms with E-state index >= 15 is 0 Å². The van der Waals surface area contributed by atoms with Gasteiger partial charge in [0.2, 0.25) is 5.91 Å². The summed E-state index contributed by atoms with van der Waals surface area (Å²) in [5, 5.41) is 13.6. The quantitative estimate of drug-likeness (QED) is 0.759. The maximum atomic E-state index is 10.8. The SMILES string of the molecule is Cc1nc(C(C)(C)C)sc1C(C)NCC(O)C(N)=O. The average Bonchev–Trinajstić information content (AvgIpc) is 2.67. The minimum absolute atomic E-state index is 0.0279. The molecule has 1 heterocycles. The number of nitrogens with two attached hydrogens (primary N) is 1. The van der Waals surface area contributed by atoms with Gasteiger partial charge in [0, 0.05) is 22.9 Å². The molecule has 0 saturated heterocycles. The van der Waals surface area contributed by atoms with Crippen molar-refractivity contribution in [3.63, 3.8) is 0 Å². The van der Waals surface area contributed by atoms with E-state index in [9.17, 15) is 9.90 Å². The Bertz CT molecular complexity index is 451. The Kier molecular flexibility index (Phi) is 5.06. The Morgan fingerprint density at radius 2 is 2.11 bits per heavy atom. The van der Waals surface area contributed by atoms with Crippen LogP contribution in [-0.2, 0) is 10.2 Å². The van der Waals surface area contributed by atoms with Crippen LogP contribution in [0.2, 0.25) is 0 Å². The molecule has 0 saturated carbocycles. The van der Waals surface area contributed by atoms with Crippen LogP contribution in [0.4, 0.5) is 0 Å². The topological polar surface area (TPSA) is 88.2 Å². The summed E-state index contributed by atoms with van der Waals surface area (Å²) in [6, 6.07) is 0.0302. The fourth-order valence-electron chi connectivity index (χ4n) is 1.61. The number of thiazole rings is 1. The van der Waals surface area contributed by atoms with Crippen molar-refractivity contribution in [2.24, 2.45) is 5.73 Å². The number of hydrogen-bond donors (Lipinski definition) is 3. The molecular weight excluding hydrogens is 262 g/mol. The lowest BCUT2D eigenvalue weighted by Gasteiger charge is -2.15. The molecule has 19 heavy (non-hydrogen) atoms. The van der Waals surface area contributed by atoms with Crippen molar-refractivity contribution in [3.05, 3.63) is 15.6 Å². The lowest BCUT2D eigenvalue weighted by molar-refractivity contribution is -0.125. The predicted octanol–water partition coefficient (Wildman–Crippen LogP) is 1.25. The highest BCUT2D eigenvalue weighted by Crippen LogP contribution is 2.32. The minimum Gasteiger partial charge on any atom is -0.382 e. The lowest BCUT2D eigenvalue weighted by atomic mass is 9.98. The second kappa shape index (κ2) is 5.98. The highest BCUT2D eigenvalue weighted by molar-refractivity contribution is 7.12. The maximum absolute atomic E-state index is 10.8. The van der Waals surface area contributed by atoms with E-state index < -0.39 is 12.0 Å². The number of nitrogens with one attached hydrogen (secondary N) is 1. The number of rotatable bonds is 5. The molecule has 108 valence electrons. The lowest BCUT2D eigenvalue weighted by Crippen LogP contribution is -2.38. The summed E-state index contributed by atoms with van der Waals surface area (Å²) in [6.45, 7) is 10.5. The minimum atomic E-state index is -1.15. The van der Waals surface area contributed by atoms with E-state index in [-0.39, 0.29) is 18.0 Å². The van der Waals surface area contributed by atoms with Gasteiger partial charge < -0.3 is 16.2 Å². The zero-order chi connectivity index (χ0) is 14.8. The molecule has 5 nitrogen and oxygen atoms in total. The highest BCUT2D eigenvalue weighted by atomic mass is 32.1. The molecule has 0 aliphatic heterocycles. The third-order valence-electron chi connectivity index (χ3n) is 2.81. The number of amides is 1. The van der Waals surface area contributed by atoms with Crippen molar-refractivity contribution in [2.45, 2.75) is 52.2 Å². The normalized spacial score (nSPS) is 15.3. The van der Waals surface area contributed by atoms with E-state index in [1.807, 2.05) is 13.8 Å². The van der Waals surface area contributed by atoms with Gasteiger partial charge >= 0.3 is 0 Å². The molecule has 1 rings (SSSR count). The van der Waals surface area contributed by atoms with Crippen LogP contribution in [0.25, 0.3) is 0 Å². The van der Waals surface area contributed by atoms with Crippen LogP contribution in [0.1, 0.15) is 49.3 Å². The molecule has 0 aliphatic carbocycles. The zero-order valence-electron chi connectivity index (χ0n) is 12.2. The molecule has 0 aromatic carbocycles. The Hall–Kier alpha value is -0.980. The Morgan fingerprint density at radius 1 is 1.53 bits per heavy atom. The first kappa shape index (κ1) is 16.1. The van der Waals surface area contributed by atoms with Crippen LogP contribution in [0.15, 0.2) is 0 Å². The number of aryl methyl sites for hydroxylation is 1. The number of aromatic nitrogens is 1. The van der Waals surface area contributed by atoms with Crippen molar-refractivity contribution in [1.82, 2.24) is 10.3 Å². The van der Waals surface area contributed by atoms with E-state index in [0.717, 1.165) is 15.6 Å². The van der Waals surface area contributed by atoms with Crippen LogP contribution in [0.3, 0.4) is 0 Å². The van der Waals surface area contributed by atoms with Crippen LogP contribution in [-0.4, -0.2) is 28.6 Å². The summed E-state index contributed by atoms with van der Waals surface area (Å²) >= 11 is 1.66. The first-order valence-corrected chi connectivity index (χ1v) is 7.13. The van der Waals surface area contributed by atoms with Gasteiger partial charge in [0.25, 0.3) is 0 Å². The molecule has 2 atom stereocenters. The standard InChI is InChI=1S/C13H23N3O2S/c1-7(15-6-9(17)11(14)18)10-8(2)16-12(19-10)13(3,4)5/h7,9,15,17H,6H2,1-5H3,(H2,14,18). The molecule has 6 heteroatoms. The molecule has 0 fully saturated rings. The number of nitrogens with zero attached hydrogens (tertiary/aromatic N) is 1. The molecule has 0 radical (unpaired) electrons. The van der Waals surface area contributed by atoms with Crippen molar-refractivity contribution in [3.8, 4) is 0 Å². The van der Waals surface area contributed by atoms with E-state index in [4.69, 9.17) is 5.73 Å². The van der Waals surface area contributed by atoms with Crippen LogP contribution in [0.5, 0.6) is 0 Å². The molecular formula is C13H23N3O2S. The third-order valence-corrected chi connectivity index (χ3v) is 4.58. The van der Waals surface area contributed by atoms with Gasteiger partial charge in [-0.15, -0.1) is 11.3 Å². The molecule has 0 spiro atoms. The molecule has 0 aliphatic rings. The highest BCUT2D eigenvalue weighted by Gasteiger charge is 2.22. The predicted molar refractivity (Wildman–Crippen MR) is 77.2 cm³/mol. The van der Waals surface area contributed by atoms with Gasteiger partial charge in [-0.2, -0.15) is 0 Å². The molecule has 0 bridgehead atoms. The summed E-state index contributed by atoms with van der Waals surface area (Å²) in [4.78, 5) is 16.5. The Labute approximate surface area is 118 Å². The van der Waals surface area contributed by atoms with Crippen molar-refractivity contribution in [1.29, 1.82) is 0 Å². The maximum Gasteiger partial charge on any atom is 0.247 e. The van der Waals surface area contributed by atoms with Gasteiger partial charge in [-0.1, -0.05) is 20.8 Å². The molecule has 1 aromatic rings. The van der Waals surface area contributed by atoms with Crippen LogP contribution >= 0.6 is 11.3 Å². The first-order valence-electron chi connectivity index (χ1n) is 6.31. The fourth-order valence-corrected chi connectivity index (χ4v) is 2.76. The third kappa shape index (κ3) is 4.26. The number of primary amides is 1. The second-order valence-corrected chi connectivity index (χ2v) is 6.80. The van der Waals surface area contributed by atoms with Gasteiger partial charge in [-0.25, -0.2) is 4.98 Å². The van der Waals surface area contributed by atoms with Gasteiger partial charge in [0.15, 0.2) is 0 Å². The van der Waals surface area contributed by atoms with Crippen LogP contribution in [0, 0.1) is 6.92 Å². The van der Waals surface area contributed by atoms with Gasteiger partial charge in [-0.3, -0.25) is 4.79 Å². The van der Waals surface area contributed by atoms with E-state index in [1.165, 1.54) is 0 Å². The second-order valence-electron chi connectivity index (χ2n) is 5.77. The zero-order valence-corrected chi connectivity index (χ0v) is 13.0. The first-order chi connectivity index (χ1) is 8.62. The summed E-state index contributed by atoms with van der Waals surface area (Å²) in [5.41, 5.74) is 6.03. The van der Waals surface area contributed by atoms with Crippen molar-refractivity contribution < 1.29 is 9.90 Å². The smallest absolute Gasteiger partial charge is 0.247 e. The number of aliphatic hydroxyl groups excluding tert-OH is 1. The van der Waals surface area contributed by atoms with E-state index in [2.05, 4.69) is 31.1 Å². The molecule has 1 aromatic heterocycles. The Morgan fingerprint density at radius 3 is 2.53 bits per heavy atom. The molecule has 2 unspecified atom stereocenters. The summed E-state index contributed by atoms with van der Waals surface area (Å²) in [6.07, 6.45) is -1.15. The van der Waals surface area contributed by atoms with E-state index in [1.54, 1.807) is 11.3 Å².